The fourth-order valence-corrected chi connectivity index (χ4v) is 1.73. The van der Waals surface area contributed by atoms with Gasteiger partial charge in [0.15, 0.2) is 5.84 Å². The number of hydrogen-bond acceptors (Lipinski definition) is 4. The van der Waals surface area contributed by atoms with E-state index in [1.807, 2.05) is 6.07 Å². The van der Waals surface area contributed by atoms with Gasteiger partial charge in [0.1, 0.15) is 6.29 Å². The lowest BCUT2D eigenvalue weighted by Gasteiger charge is -2.02. The van der Waals surface area contributed by atoms with Crippen LogP contribution < -0.4 is 5.73 Å². The van der Waals surface area contributed by atoms with Gasteiger partial charge in [0, 0.05) is 23.9 Å². The summed E-state index contributed by atoms with van der Waals surface area (Å²) in [5.74, 6) is 0.0468. The lowest BCUT2D eigenvalue weighted by molar-refractivity contribution is -0.108. The molecular weight excluding hydrogens is 220 g/mol. The first kappa shape index (κ1) is 11.1. The number of aromatic nitrogens is 2. The second kappa shape index (κ2) is 4.65. The smallest absolute Gasteiger partial charge is 0.170 e. The van der Waals surface area contributed by atoms with Crippen molar-refractivity contribution < 1.29 is 10.0 Å². The molecule has 17 heavy (non-hydrogen) atoms. The highest BCUT2D eigenvalue weighted by atomic mass is 16.4. The Morgan fingerprint density at radius 1 is 1.59 bits per heavy atom. The molecule has 6 nitrogen and oxygen atoms in total. The highest BCUT2D eigenvalue weighted by Crippen LogP contribution is 2.18. The molecule has 0 saturated heterocycles. The monoisotopic (exact) mass is 232 g/mol. The van der Waals surface area contributed by atoms with Crippen LogP contribution in [0.4, 0.5) is 0 Å². The molecule has 3 N–H and O–H groups in total. The Morgan fingerprint density at radius 3 is 3.12 bits per heavy atom. The maximum absolute atomic E-state index is 10.3. The zero-order valence-corrected chi connectivity index (χ0v) is 9.08. The van der Waals surface area contributed by atoms with E-state index < -0.39 is 0 Å². The third kappa shape index (κ3) is 1.96. The van der Waals surface area contributed by atoms with Gasteiger partial charge in [-0.1, -0.05) is 17.3 Å². The molecule has 0 amide bonds. The number of aldehydes is 1. The van der Waals surface area contributed by atoms with E-state index in [-0.39, 0.29) is 5.84 Å². The van der Waals surface area contributed by atoms with Crippen molar-refractivity contribution in [3.63, 3.8) is 0 Å². The largest absolute Gasteiger partial charge is 0.409 e. The normalized spacial score (nSPS) is 11.9. The minimum Gasteiger partial charge on any atom is -0.409 e. The Kier molecular flexibility index (Phi) is 3.04. The van der Waals surface area contributed by atoms with Gasteiger partial charge in [0.05, 0.1) is 11.7 Å². The van der Waals surface area contributed by atoms with Crippen molar-refractivity contribution in [2.75, 3.05) is 0 Å². The summed E-state index contributed by atoms with van der Waals surface area (Å²) in [6, 6.07) is 5.43. The topological polar surface area (TPSA) is 93.5 Å². The van der Waals surface area contributed by atoms with Gasteiger partial charge in [-0.15, -0.1) is 0 Å². The molecule has 0 unspecified atom stereocenters. The van der Waals surface area contributed by atoms with Gasteiger partial charge in [-0.2, -0.15) is 5.10 Å². The molecule has 0 radical (unpaired) electrons. The second-order valence-corrected chi connectivity index (χ2v) is 3.55. The standard InChI is InChI=1S/C11H12N4O2/c12-11(14-17)8-3-1-4-10-9(8)7-13-15(10)5-2-6-16/h1,3-4,6-7,17H,2,5H2,(H2,12,14). The summed E-state index contributed by atoms with van der Waals surface area (Å²) < 4.78 is 1.72. The summed E-state index contributed by atoms with van der Waals surface area (Å²) >= 11 is 0. The Balaban J connectivity index is 2.52. The van der Waals surface area contributed by atoms with Gasteiger partial charge >= 0.3 is 0 Å². The van der Waals surface area contributed by atoms with E-state index in [2.05, 4.69) is 10.3 Å². The van der Waals surface area contributed by atoms with E-state index in [0.29, 0.717) is 18.5 Å². The number of rotatable bonds is 4. The average molecular weight is 232 g/mol. The van der Waals surface area contributed by atoms with Crippen LogP contribution >= 0.6 is 0 Å². The van der Waals surface area contributed by atoms with Crippen LogP contribution in [0, 0.1) is 0 Å². The maximum atomic E-state index is 10.3. The van der Waals surface area contributed by atoms with Crippen LogP contribution in [0.1, 0.15) is 12.0 Å². The van der Waals surface area contributed by atoms with Crippen molar-refractivity contribution in [2.45, 2.75) is 13.0 Å². The van der Waals surface area contributed by atoms with Gasteiger partial charge < -0.3 is 15.7 Å². The fraction of sp³-hybridized carbons (Fsp3) is 0.182. The van der Waals surface area contributed by atoms with Crippen molar-refractivity contribution in [3.8, 4) is 0 Å². The second-order valence-electron chi connectivity index (χ2n) is 3.55. The number of hydrogen-bond donors (Lipinski definition) is 2. The number of amidine groups is 1. The molecule has 0 saturated carbocycles. The summed E-state index contributed by atoms with van der Waals surface area (Å²) in [4.78, 5) is 10.3. The summed E-state index contributed by atoms with van der Waals surface area (Å²) in [5, 5.41) is 16.6. The van der Waals surface area contributed by atoms with Crippen molar-refractivity contribution in [1.29, 1.82) is 0 Å². The Labute approximate surface area is 97.3 Å². The molecule has 0 spiro atoms. The van der Waals surface area contributed by atoms with E-state index in [0.717, 1.165) is 17.2 Å². The first-order valence-corrected chi connectivity index (χ1v) is 5.14. The number of carbonyl (C=O) groups excluding carboxylic acids is 1. The zero-order chi connectivity index (χ0) is 12.3. The molecule has 88 valence electrons. The number of fused-ring (bicyclic) bond motifs is 1. The van der Waals surface area contributed by atoms with Gasteiger partial charge in [0.25, 0.3) is 0 Å². The molecule has 1 aromatic heterocycles. The van der Waals surface area contributed by atoms with Crippen LogP contribution in [0.3, 0.4) is 0 Å². The average Bonchev–Trinajstić information content (AvgIpc) is 2.78. The molecule has 0 aliphatic carbocycles. The molecule has 6 heteroatoms. The van der Waals surface area contributed by atoms with Gasteiger partial charge in [-0.25, -0.2) is 0 Å². The first-order valence-electron chi connectivity index (χ1n) is 5.14. The van der Waals surface area contributed by atoms with Crippen molar-refractivity contribution >= 4 is 23.0 Å². The Hall–Kier alpha value is -2.37. The molecule has 1 heterocycles. The number of oxime groups is 1. The van der Waals surface area contributed by atoms with Crippen LogP contribution in [0.25, 0.3) is 10.9 Å². The van der Waals surface area contributed by atoms with E-state index in [9.17, 15) is 4.79 Å². The van der Waals surface area contributed by atoms with Crippen LogP contribution in [-0.2, 0) is 11.3 Å². The van der Waals surface area contributed by atoms with Crippen LogP contribution in [0.15, 0.2) is 29.6 Å². The molecule has 0 fully saturated rings. The number of benzene rings is 1. The molecule has 0 atom stereocenters. The number of nitrogens with zero attached hydrogens (tertiary/aromatic N) is 3. The molecule has 2 aromatic rings. The molecule has 0 bridgehead atoms. The summed E-state index contributed by atoms with van der Waals surface area (Å²) in [5.41, 5.74) is 7.06. The van der Waals surface area contributed by atoms with Gasteiger partial charge in [0.2, 0.25) is 0 Å². The van der Waals surface area contributed by atoms with Crippen molar-refractivity contribution in [3.05, 3.63) is 30.0 Å². The van der Waals surface area contributed by atoms with Crippen LogP contribution in [-0.4, -0.2) is 27.1 Å². The SMILES string of the molecule is N/C(=N\O)c1cccc2c1cnn2CCC=O. The maximum Gasteiger partial charge on any atom is 0.170 e. The highest BCUT2D eigenvalue weighted by Gasteiger charge is 2.09. The van der Waals surface area contributed by atoms with E-state index in [1.54, 1.807) is 23.0 Å². The number of aryl methyl sites for hydroxylation is 1. The Morgan fingerprint density at radius 2 is 2.41 bits per heavy atom. The Bertz CT molecular complexity index is 574. The molecule has 2 rings (SSSR count). The van der Waals surface area contributed by atoms with Gasteiger partial charge in [-0.3, -0.25) is 4.68 Å². The summed E-state index contributed by atoms with van der Waals surface area (Å²) in [6.45, 7) is 0.520. The molecule has 0 aliphatic heterocycles. The lowest BCUT2D eigenvalue weighted by Crippen LogP contribution is -2.13. The van der Waals surface area contributed by atoms with E-state index >= 15 is 0 Å². The van der Waals surface area contributed by atoms with Crippen LogP contribution in [0.5, 0.6) is 0 Å². The van der Waals surface area contributed by atoms with E-state index in [4.69, 9.17) is 10.9 Å². The number of carbonyl (C=O) groups is 1. The predicted molar refractivity (Wildman–Crippen MR) is 62.9 cm³/mol. The summed E-state index contributed by atoms with van der Waals surface area (Å²) in [6.07, 6.45) is 2.90. The minimum atomic E-state index is 0.0468. The molecular formula is C11H12N4O2. The highest BCUT2D eigenvalue weighted by molar-refractivity contribution is 6.07. The predicted octanol–water partition coefficient (Wildman–Crippen LogP) is 0.720. The van der Waals surface area contributed by atoms with Crippen LogP contribution in [0.2, 0.25) is 0 Å². The minimum absolute atomic E-state index is 0.0468. The quantitative estimate of drug-likeness (QED) is 0.267. The van der Waals surface area contributed by atoms with Gasteiger partial charge in [-0.05, 0) is 6.07 Å². The first-order chi connectivity index (χ1) is 8.27. The third-order valence-corrected chi connectivity index (χ3v) is 2.53. The zero-order valence-electron chi connectivity index (χ0n) is 9.08. The fourth-order valence-electron chi connectivity index (χ4n) is 1.73. The van der Waals surface area contributed by atoms with E-state index in [1.165, 1.54) is 0 Å². The van der Waals surface area contributed by atoms with Crippen molar-refractivity contribution in [2.24, 2.45) is 10.9 Å². The lowest BCUT2D eigenvalue weighted by atomic mass is 10.1. The molecule has 0 aliphatic rings. The summed E-state index contributed by atoms with van der Waals surface area (Å²) in [7, 11) is 0. The molecule has 1 aromatic carbocycles. The third-order valence-electron chi connectivity index (χ3n) is 2.53. The van der Waals surface area contributed by atoms with Crippen molar-refractivity contribution in [1.82, 2.24) is 9.78 Å². The number of nitrogens with two attached hydrogens (primary N) is 1.